The summed E-state index contributed by atoms with van der Waals surface area (Å²) >= 11 is 0. The molecule has 0 saturated carbocycles. The minimum Gasteiger partial charge on any atom is -0.493 e. The molecular weight excluding hydrogens is 360 g/mol. The molecule has 7 nitrogen and oxygen atoms in total. The van der Waals surface area contributed by atoms with E-state index in [2.05, 4.69) is 10.6 Å². The molecule has 0 spiro atoms. The lowest BCUT2D eigenvalue weighted by molar-refractivity contribution is -0.123. The molecule has 150 valence electrons. The van der Waals surface area contributed by atoms with Gasteiger partial charge in [0.1, 0.15) is 12.7 Å². The Morgan fingerprint density at radius 3 is 2.79 bits per heavy atom. The van der Waals surface area contributed by atoms with Crippen molar-refractivity contribution in [3.05, 3.63) is 48.0 Å². The number of carbonyl (C=O) groups excluding carboxylic acids is 1. The van der Waals surface area contributed by atoms with Gasteiger partial charge in [-0.25, -0.2) is 0 Å². The highest BCUT2D eigenvalue weighted by Gasteiger charge is 2.20. The molecule has 2 aromatic carbocycles. The Hall–Kier alpha value is -2.93. The third kappa shape index (κ3) is 5.29. The number of carbonyl (C=O) groups is 1. The highest BCUT2D eigenvalue weighted by atomic mass is 16.6. The quantitative estimate of drug-likeness (QED) is 0.688. The molecule has 1 atom stereocenters. The van der Waals surface area contributed by atoms with E-state index in [1.165, 1.54) is 0 Å². The fourth-order valence-electron chi connectivity index (χ4n) is 2.87. The van der Waals surface area contributed by atoms with E-state index in [0.717, 1.165) is 17.1 Å². The third-order valence-electron chi connectivity index (χ3n) is 4.23. The number of para-hydroxylation sites is 2. The lowest BCUT2D eigenvalue weighted by Gasteiger charge is -2.26. The van der Waals surface area contributed by atoms with Crippen LogP contribution in [0.2, 0.25) is 0 Å². The summed E-state index contributed by atoms with van der Waals surface area (Å²) in [6, 6.07) is 13.3. The monoisotopic (exact) mass is 386 g/mol. The molecule has 0 fully saturated rings. The zero-order valence-electron chi connectivity index (χ0n) is 16.2. The summed E-state index contributed by atoms with van der Waals surface area (Å²) in [5, 5.41) is 6.07. The maximum atomic E-state index is 11.5. The van der Waals surface area contributed by atoms with Crippen LogP contribution in [0.5, 0.6) is 23.0 Å². The molecule has 1 amide bonds. The number of nitrogens with one attached hydrogen (secondary N) is 2. The molecule has 7 heteroatoms. The molecule has 2 N–H and O–H groups in total. The Kier molecular flexibility index (Phi) is 6.97. The first-order valence-electron chi connectivity index (χ1n) is 9.35. The van der Waals surface area contributed by atoms with Crippen molar-refractivity contribution in [3.63, 3.8) is 0 Å². The van der Waals surface area contributed by atoms with Crippen molar-refractivity contribution in [2.75, 3.05) is 33.4 Å². The van der Waals surface area contributed by atoms with Crippen LogP contribution in [-0.2, 0) is 11.3 Å². The molecule has 1 aliphatic heterocycles. The van der Waals surface area contributed by atoms with Crippen molar-refractivity contribution in [1.29, 1.82) is 0 Å². The first-order valence-corrected chi connectivity index (χ1v) is 9.35. The molecule has 2 aromatic rings. The van der Waals surface area contributed by atoms with Crippen LogP contribution in [0.25, 0.3) is 0 Å². The van der Waals surface area contributed by atoms with Crippen LogP contribution in [0.3, 0.4) is 0 Å². The van der Waals surface area contributed by atoms with Gasteiger partial charge in [-0.3, -0.25) is 4.79 Å². The number of ether oxygens (including phenoxy) is 4. The van der Waals surface area contributed by atoms with Crippen LogP contribution in [0.4, 0.5) is 0 Å². The van der Waals surface area contributed by atoms with Crippen LogP contribution < -0.4 is 29.6 Å². The van der Waals surface area contributed by atoms with Gasteiger partial charge in [0.2, 0.25) is 0 Å². The van der Waals surface area contributed by atoms with Gasteiger partial charge >= 0.3 is 0 Å². The van der Waals surface area contributed by atoms with Gasteiger partial charge in [-0.2, -0.15) is 0 Å². The zero-order valence-corrected chi connectivity index (χ0v) is 16.2. The highest BCUT2D eigenvalue weighted by molar-refractivity contribution is 5.77. The van der Waals surface area contributed by atoms with Crippen molar-refractivity contribution < 1.29 is 23.7 Å². The second-order valence-electron chi connectivity index (χ2n) is 6.36. The minimum atomic E-state index is -0.161. The predicted octanol–water partition coefficient (Wildman–Crippen LogP) is 2.14. The van der Waals surface area contributed by atoms with E-state index in [1.807, 2.05) is 49.4 Å². The van der Waals surface area contributed by atoms with E-state index in [0.29, 0.717) is 37.7 Å². The second-order valence-corrected chi connectivity index (χ2v) is 6.36. The largest absolute Gasteiger partial charge is 0.493 e. The highest BCUT2D eigenvalue weighted by Crippen LogP contribution is 2.31. The van der Waals surface area contributed by atoms with Crippen molar-refractivity contribution in [3.8, 4) is 23.0 Å². The number of hydrogen-bond donors (Lipinski definition) is 2. The van der Waals surface area contributed by atoms with Crippen LogP contribution in [0, 0.1) is 0 Å². The standard InChI is InChI=1S/C21H26N2O5/c1-3-23-21(24)14-27-18-9-8-15(10-20(18)25-2)11-22-12-16-13-26-17-6-4-5-7-19(17)28-16/h4-10,16,22H,3,11-14H2,1-2H3,(H,23,24)/t16-/m0/s1. The lowest BCUT2D eigenvalue weighted by atomic mass is 10.2. The average Bonchev–Trinajstić information content (AvgIpc) is 2.72. The topological polar surface area (TPSA) is 78.1 Å². The maximum absolute atomic E-state index is 11.5. The first-order chi connectivity index (χ1) is 13.7. The average molecular weight is 386 g/mol. The van der Waals surface area contributed by atoms with Crippen molar-refractivity contribution in [2.45, 2.75) is 19.6 Å². The van der Waals surface area contributed by atoms with Crippen LogP contribution >= 0.6 is 0 Å². The number of amides is 1. The molecule has 1 heterocycles. The minimum absolute atomic E-state index is 0.0394. The molecular formula is C21H26N2O5. The van der Waals surface area contributed by atoms with E-state index in [1.54, 1.807) is 7.11 Å². The van der Waals surface area contributed by atoms with Crippen LogP contribution in [-0.4, -0.2) is 45.4 Å². The van der Waals surface area contributed by atoms with Crippen LogP contribution in [0.15, 0.2) is 42.5 Å². The van der Waals surface area contributed by atoms with Gasteiger partial charge in [-0.15, -0.1) is 0 Å². The van der Waals surface area contributed by atoms with Crippen molar-refractivity contribution in [1.82, 2.24) is 10.6 Å². The van der Waals surface area contributed by atoms with Gasteiger partial charge in [0.05, 0.1) is 7.11 Å². The predicted molar refractivity (Wildman–Crippen MR) is 105 cm³/mol. The third-order valence-corrected chi connectivity index (χ3v) is 4.23. The number of likely N-dealkylation sites (N-methyl/N-ethyl adjacent to an activating group) is 1. The van der Waals surface area contributed by atoms with Gasteiger partial charge in [0.15, 0.2) is 29.6 Å². The van der Waals surface area contributed by atoms with Crippen molar-refractivity contribution >= 4 is 5.91 Å². The van der Waals surface area contributed by atoms with E-state index < -0.39 is 0 Å². The molecule has 0 saturated heterocycles. The summed E-state index contributed by atoms with van der Waals surface area (Å²) in [6.45, 7) is 4.22. The number of rotatable bonds is 9. The van der Waals surface area contributed by atoms with E-state index in [-0.39, 0.29) is 18.6 Å². The lowest BCUT2D eigenvalue weighted by Crippen LogP contribution is -2.38. The molecule has 28 heavy (non-hydrogen) atoms. The number of hydrogen-bond acceptors (Lipinski definition) is 6. The second kappa shape index (κ2) is 9.85. The number of methoxy groups -OCH3 is 1. The Morgan fingerprint density at radius 1 is 1.18 bits per heavy atom. The van der Waals surface area contributed by atoms with Gasteiger partial charge in [-0.05, 0) is 36.8 Å². The Labute approximate surface area is 164 Å². The maximum Gasteiger partial charge on any atom is 0.257 e. The fourth-order valence-corrected chi connectivity index (χ4v) is 2.87. The molecule has 0 unspecified atom stereocenters. The SMILES string of the molecule is CCNC(=O)COc1ccc(CNC[C@H]2COc3ccccc3O2)cc1OC. The zero-order chi connectivity index (χ0) is 19.8. The van der Waals surface area contributed by atoms with Gasteiger partial charge in [0, 0.05) is 19.6 Å². The van der Waals surface area contributed by atoms with Crippen LogP contribution in [0.1, 0.15) is 12.5 Å². The summed E-state index contributed by atoms with van der Waals surface area (Å²) in [6.07, 6.45) is -0.0449. The van der Waals surface area contributed by atoms with E-state index in [4.69, 9.17) is 18.9 Å². The first kappa shape index (κ1) is 19.8. The summed E-state index contributed by atoms with van der Waals surface area (Å²) in [5.41, 5.74) is 1.04. The van der Waals surface area contributed by atoms with Crippen molar-refractivity contribution in [2.24, 2.45) is 0 Å². The molecule has 1 aliphatic rings. The molecule has 0 radical (unpaired) electrons. The summed E-state index contributed by atoms with van der Waals surface area (Å²) in [5.74, 6) is 2.53. The number of benzene rings is 2. The summed E-state index contributed by atoms with van der Waals surface area (Å²) in [7, 11) is 1.58. The van der Waals surface area contributed by atoms with Gasteiger partial charge in [-0.1, -0.05) is 18.2 Å². The van der Waals surface area contributed by atoms with Gasteiger partial charge < -0.3 is 29.6 Å². The summed E-state index contributed by atoms with van der Waals surface area (Å²) < 4.78 is 22.6. The Balaban J connectivity index is 1.49. The molecule has 0 aliphatic carbocycles. The Bertz CT molecular complexity index is 796. The van der Waals surface area contributed by atoms with E-state index in [9.17, 15) is 4.79 Å². The Morgan fingerprint density at radius 2 is 2.00 bits per heavy atom. The number of fused-ring (bicyclic) bond motifs is 1. The molecule has 0 bridgehead atoms. The van der Waals surface area contributed by atoms with Gasteiger partial charge in [0.25, 0.3) is 5.91 Å². The molecule has 3 rings (SSSR count). The van der Waals surface area contributed by atoms with E-state index >= 15 is 0 Å². The smallest absolute Gasteiger partial charge is 0.257 e. The summed E-state index contributed by atoms with van der Waals surface area (Å²) in [4.78, 5) is 11.5. The normalized spacial score (nSPS) is 15.0. The fraction of sp³-hybridized carbons (Fsp3) is 0.381. The molecule has 0 aromatic heterocycles.